The number of benzene rings is 3. The number of phenols is 2. The fraction of sp³-hybridized carbons (Fsp3) is 0.571. The maximum absolute atomic E-state index is 11.8. The molecule has 56 heavy (non-hydrogen) atoms. The second-order valence-electron chi connectivity index (χ2n) is 19.8. The smallest absolute Gasteiger partial charge is 0.350 e. The molecule has 3 aromatic rings. The number of phenolic OH excluding ortho intramolecular Hbond substituents is 2. The van der Waals surface area contributed by atoms with Gasteiger partial charge in [-0.2, -0.15) is 0 Å². The van der Waals surface area contributed by atoms with Gasteiger partial charge in [-0.15, -0.1) is 0 Å². The van der Waals surface area contributed by atoms with Crippen LogP contribution in [0.25, 0.3) is 0 Å². The van der Waals surface area contributed by atoms with Gasteiger partial charge in [-0.1, -0.05) is 118 Å². The molecule has 3 aliphatic rings. The van der Waals surface area contributed by atoms with Gasteiger partial charge in [0.05, 0.1) is 51.4 Å². The molecule has 1 aliphatic carbocycles. The fourth-order valence-electron chi connectivity index (χ4n) is 8.64. The topological polar surface area (TPSA) is 74.7 Å². The Morgan fingerprint density at radius 3 is 1.80 bits per heavy atom. The zero-order chi connectivity index (χ0) is 40.3. The van der Waals surface area contributed by atoms with Gasteiger partial charge < -0.3 is 10.2 Å². The Morgan fingerprint density at radius 1 is 0.679 bits per heavy atom. The molecule has 0 radical (unpaired) electrons. The highest BCUT2D eigenvalue weighted by molar-refractivity contribution is 5.86. The summed E-state index contributed by atoms with van der Waals surface area (Å²) in [5.74, 6) is 2.07. The van der Waals surface area contributed by atoms with Crippen molar-refractivity contribution in [3.63, 3.8) is 0 Å². The van der Waals surface area contributed by atoms with Gasteiger partial charge in [-0.25, -0.2) is 0 Å². The van der Waals surface area contributed by atoms with Crippen molar-refractivity contribution in [3.8, 4) is 11.5 Å². The summed E-state index contributed by atoms with van der Waals surface area (Å²) < 4.78 is 2.60. The molecule has 6 rings (SSSR count). The largest absolute Gasteiger partial charge is 0.507 e. The summed E-state index contributed by atoms with van der Waals surface area (Å²) >= 11 is 0. The second-order valence-corrected chi connectivity index (χ2v) is 19.8. The van der Waals surface area contributed by atoms with Crippen molar-refractivity contribution in [1.29, 1.82) is 0 Å². The lowest BCUT2D eigenvalue weighted by Crippen LogP contribution is -2.56. The van der Waals surface area contributed by atoms with Crippen LogP contribution in [0.1, 0.15) is 146 Å². The summed E-state index contributed by atoms with van der Waals surface area (Å²) in [6.45, 7) is 26.2. The molecule has 2 unspecified atom stereocenters. The fourth-order valence-corrected chi connectivity index (χ4v) is 8.64. The summed E-state index contributed by atoms with van der Waals surface area (Å²) in [5.41, 5.74) is 6.98. The molecule has 0 aromatic heterocycles. The molecule has 2 N–H and O–H groups in total. The molecular formula is C49H70N5O2+. The third-order valence-corrected chi connectivity index (χ3v) is 12.1. The van der Waals surface area contributed by atoms with Crippen LogP contribution in [0.2, 0.25) is 0 Å². The molecule has 3 aromatic carbocycles. The van der Waals surface area contributed by atoms with Gasteiger partial charge in [0.1, 0.15) is 11.5 Å². The van der Waals surface area contributed by atoms with E-state index in [0.717, 1.165) is 100 Å². The third-order valence-electron chi connectivity index (χ3n) is 12.1. The Labute approximate surface area is 338 Å². The molecule has 0 bridgehead atoms. The predicted molar refractivity (Wildman–Crippen MR) is 235 cm³/mol. The Morgan fingerprint density at radius 2 is 1.23 bits per heavy atom. The first-order valence-corrected chi connectivity index (χ1v) is 21.5. The van der Waals surface area contributed by atoms with E-state index >= 15 is 0 Å². The first-order chi connectivity index (χ1) is 26.5. The third kappa shape index (κ3) is 10.0. The Kier molecular flexibility index (Phi) is 12.7. The highest BCUT2D eigenvalue weighted by Crippen LogP contribution is 2.38. The first kappa shape index (κ1) is 41.5. The molecule has 7 heteroatoms. The van der Waals surface area contributed by atoms with Crippen molar-refractivity contribution in [1.82, 2.24) is 9.80 Å². The maximum atomic E-state index is 11.8. The molecule has 2 atom stereocenters. The normalized spacial score (nSPS) is 20.0. The molecule has 2 heterocycles. The molecule has 2 aliphatic heterocycles. The van der Waals surface area contributed by atoms with E-state index in [4.69, 9.17) is 9.98 Å². The molecule has 0 amide bonds. The molecular weight excluding hydrogens is 691 g/mol. The van der Waals surface area contributed by atoms with Gasteiger partial charge in [-0.3, -0.25) is 24.4 Å². The molecule has 1 saturated carbocycles. The number of hydrogen-bond donors (Lipinski definition) is 2. The lowest BCUT2D eigenvalue weighted by Gasteiger charge is -2.36. The summed E-state index contributed by atoms with van der Waals surface area (Å²) in [6.07, 6.45) is 12.1. The van der Waals surface area contributed by atoms with Crippen LogP contribution in [-0.2, 0) is 29.2 Å². The Bertz CT molecular complexity index is 1900. The molecule has 1 fully saturated rings. The minimum absolute atomic E-state index is 0.0181. The quantitative estimate of drug-likeness (QED) is 0.160. The molecule has 7 nitrogen and oxygen atoms in total. The number of hydrogen-bond acceptors (Lipinski definition) is 6. The van der Waals surface area contributed by atoms with E-state index in [1.54, 1.807) is 0 Å². The van der Waals surface area contributed by atoms with Crippen LogP contribution in [0.15, 0.2) is 64.6 Å². The monoisotopic (exact) mass is 761 g/mol. The van der Waals surface area contributed by atoms with Crippen LogP contribution in [-0.4, -0.2) is 87.8 Å². The highest BCUT2D eigenvalue weighted by Gasteiger charge is 2.35. The van der Waals surface area contributed by atoms with Gasteiger partial charge in [-0.05, 0) is 76.3 Å². The molecule has 0 spiro atoms. The first-order valence-electron chi connectivity index (χ1n) is 21.5. The van der Waals surface area contributed by atoms with Crippen LogP contribution in [0.3, 0.4) is 0 Å². The van der Waals surface area contributed by atoms with E-state index in [2.05, 4.69) is 131 Å². The van der Waals surface area contributed by atoms with E-state index < -0.39 is 0 Å². The molecule has 0 saturated heterocycles. The van der Waals surface area contributed by atoms with E-state index in [1.165, 1.54) is 35.5 Å². The van der Waals surface area contributed by atoms with Gasteiger partial charge in [0, 0.05) is 42.0 Å². The highest BCUT2D eigenvalue weighted by atomic mass is 16.3. The SMILES string of the molecule is CC(C)(C)c1cc(C=NC2CCCCC2N=Cc2cc(C(C)(C)C)cc(C(C)(C)C)c2O)c(O)c(CCCN2CCC[N+]3=C2N(Cc2ccccc2)CCC3)c1. The van der Waals surface area contributed by atoms with Gasteiger partial charge >= 0.3 is 5.96 Å². The number of aromatic hydroxyl groups is 2. The average molecular weight is 761 g/mol. The summed E-state index contributed by atoms with van der Waals surface area (Å²) in [6, 6.07) is 19.5. The van der Waals surface area contributed by atoms with Crippen molar-refractivity contribution in [2.24, 2.45) is 9.98 Å². The Hall–Kier alpha value is -4.13. The van der Waals surface area contributed by atoms with E-state index in [-0.39, 0.29) is 28.3 Å². The van der Waals surface area contributed by atoms with Gasteiger partial charge in [0.2, 0.25) is 0 Å². The maximum Gasteiger partial charge on any atom is 0.350 e. The van der Waals surface area contributed by atoms with Crippen molar-refractivity contribution in [2.75, 3.05) is 32.7 Å². The van der Waals surface area contributed by atoms with Crippen LogP contribution >= 0.6 is 0 Å². The summed E-state index contributed by atoms with van der Waals surface area (Å²) in [7, 11) is 0. The van der Waals surface area contributed by atoms with Crippen LogP contribution in [0.5, 0.6) is 11.5 Å². The summed E-state index contributed by atoms with van der Waals surface area (Å²) in [5, 5.41) is 23.2. The van der Waals surface area contributed by atoms with E-state index in [1.807, 2.05) is 12.4 Å². The van der Waals surface area contributed by atoms with Gasteiger partial charge in [0.15, 0.2) is 0 Å². The number of aryl methyl sites for hydroxylation is 1. The average Bonchev–Trinajstić information content (AvgIpc) is 3.14. The van der Waals surface area contributed by atoms with E-state index in [9.17, 15) is 10.2 Å². The zero-order valence-electron chi connectivity index (χ0n) is 36.0. The van der Waals surface area contributed by atoms with Crippen LogP contribution < -0.4 is 0 Å². The number of aliphatic imine (C=N–C) groups is 2. The minimum Gasteiger partial charge on any atom is -0.507 e. The number of guanidine groups is 1. The standard InChI is InChI=1S/C49H69N5O2/c1-47(2,3)39-28-36(20-15-23-52-24-16-25-53-26-17-27-54(46(52)53)34-35-18-11-10-12-19-35)44(55)37(29-39)32-50-42-21-13-14-22-43(42)51-33-38-30-40(48(4,5)6)31-41(45(38)56)49(7,8)9/h10-12,18-19,28-33,42-43H,13-17,20-27,34H2,1-9H3,(H-,50,51,55,56)/p+1. The van der Waals surface area contributed by atoms with Crippen molar-refractivity contribution in [3.05, 3.63) is 93.5 Å². The lowest BCUT2D eigenvalue weighted by molar-refractivity contribution is -0.550. The molecule has 302 valence electrons. The minimum atomic E-state index is -0.194. The second kappa shape index (κ2) is 17.2. The lowest BCUT2D eigenvalue weighted by atomic mass is 9.79. The number of rotatable bonds is 10. The summed E-state index contributed by atoms with van der Waals surface area (Å²) in [4.78, 5) is 15.5. The van der Waals surface area contributed by atoms with Gasteiger partial charge in [0.25, 0.3) is 0 Å². The zero-order valence-corrected chi connectivity index (χ0v) is 36.0. The Balaban J connectivity index is 1.20. The van der Waals surface area contributed by atoms with Crippen molar-refractivity contribution >= 4 is 18.4 Å². The van der Waals surface area contributed by atoms with Crippen LogP contribution in [0, 0.1) is 0 Å². The predicted octanol–water partition coefficient (Wildman–Crippen LogP) is 9.75. The van der Waals surface area contributed by atoms with Crippen molar-refractivity contribution in [2.45, 2.75) is 149 Å². The van der Waals surface area contributed by atoms with Crippen LogP contribution in [0.4, 0.5) is 0 Å². The van der Waals surface area contributed by atoms with Crippen molar-refractivity contribution < 1.29 is 14.8 Å². The van der Waals surface area contributed by atoms with E-state index in [0.29, 0.717) is 11.5 Å². The number of nitrogens with zero attached hydrogens (tertiary/aromatic N) is 5.